The number of carbonyl (C=O) groups is 4. The van der Waals surface area contributed by atoms with Crippen LogP contribution in [0.5, 0.6) is 0 Å². The minimum atomic E-state index is -0.808. The monoisotopic (exact) mass is 398 g/mol. The fourth-order valence-corrected chi connectivity index (χ4v) is 10.9. The highest BCUT2D eigenvalue weighted by Crippen LogP contribution is 2.92. The maximum absolute atomic E-state index is 13.5. The van der Waals surface area contributed by atoms with Gasteiger partial charge in [-0.1, -0.05) is 0 Å². The van der Waals surface area contributed by atoms with E-state index < -0.39 is 21.7 Å². The molecule has 8 aliphatic carbocycles. The molecule has 0 radical (unpaired) electrons. The van der Waals surface area contributed by atoms with Gasteiger partial charge >= 0.3 is 11.9 Å². The summed E-state index contributed by atoms with van der Waals surface area (Å²) in [6.07, 6.45) is 4.62. The second kappa shape index (κ2) is 4.47. The van der Waals surface area contributed by atoms with E-state index in [1.807, 2.05) is 0 Å². The highest BCUT2D eigenvalue weighted by atomic mass is 16.5. The molecule has 29 heavy (non-hydrogen) atoms. The van der Waals surface area contributed by atoms with Crippen molar-refractivity contribution in [3.63, 3.8) is 0 Å². The number of Topliss-reactive ketones (excluding diaryl/α,β-unsaturated/α-hetero) is 2. The van der Waals surface area contributed by atoms with Crippen molar-refractivity contribution in [2.24, 2.45) is 57.2 Å². The molecule has 8 saturated carbocycles. The summed E-state index contributed by atoms with van der Waals surface area (Å²) in [5.74, 6) is 0.486. The Hall–Kier alpha value is -1.72. The van der Waals surface area contributed by atoms with Gasteiger partial charge in [-0.05, 0) is 67.6 Å². The first kappa shape index (κ1) is 17.0. The van der Waals surface area contributed by atoms with Gasteiger partial charge < -0.3 is 9.47 Å². The van der Waals surface area contributed by atoms with Crippen molar-refractivity contribution in [3.8, 4) is 0 Å². The van der Waals surface area contributed by atoms with Crippen molar-refractivity contribution < 1.29 is 28.7 Å². The lowest BCUT2D eigenvalue weighted by molar-refractivity contribution is -0.185. The number of ketones is 2. The maximum atomic E-state index is 13.5. The lowest BCUT2D eigenvalue weighted by Gasteiger charge is -2.53. The zero-order valence-corrected chi connectivity index (χ0v) is 16.9. The molecule has 0 aromatic heterocycles. The predicted octanol–water partition coefficient (Wildman–Crippen LogP) is 1.94. The Morgan fingerprint density at radius 2 is 1.21 bits per heavy atom. The molecule has 8 aliphatic rings. The predicted molar refractivity (Wildman–Crippen MR) is 97.0 cm³/mol. The lowest BCUT2D eigenvalue weighted by atomic mass is 9.48. The summed E-state index contributed by atoms with van der Waals surface area (Å²) in [5, 5.41) is 0. The summed E-state index contributed by atoms with van der Waals surface area (Å²) in [6.45, 7) is 0. The summed E-state index contributed by atoms with van der Waals surface area (Å²) in [7, 11) is 2.85. The van der Waals surface area contributed by atoms with E-state index in [2.05, 4.69) is 0 Å². The van der Waals surface area contributed by atoms with Gasteiger partial charge in [-0.3, -0.25) is 19.2 Å². The average Bonchev–Trinajstić information content (AvgIpc) is 3.35. The van der Waals surface area contributed by atoms with E-state index in [9.17, 15) is 19.2 Å². The fourth-order valence-electron chi connectivity index (χ4n) is 10.9. The molecular weight excluding hydrogens is 372 g/mol. The van der Waals surface area contributed by atoms with Crippen LogP contribution in [0.15, 0.2) is 0 Å². The number of ether oxygens (including phenoxy) is 2. The molecular formula is C23H26O6. The van der Waals surface area contributed by atoms with Gasteiger partial charge in [0, 0.05) is 23.7 Å². The van der Waals surface area contributed by atoms with Crippen molar-refractivity contribution in [2.75, 3.05) is 14.2 Å². The van der Waals surface area contributed by atoms with Crippen LogP contribution >= 0.6 is 0 Å². The second-order valence-corrected chi connectivity index (χ2v) is 11.1. The minimum absolute atomic E-state index is 0.0148. The molecule has 8 rings (SSSR count). The van der Waals surface area contributed by atoms with Gasteiger partial charge in [0.15, 0.2) is 0 Å². The van der Waals surface area contributed by atoms with Gasteiger partial charge in [-0.2, -0.15) is 0 Å². The number of hydrogen-bond acceptors (Lipinski definition) is 6. The number of rotatable bonds is 2. The zero-order valence-electron chi connectivity index (χ0n) is 16.9. The van der Waals surface area contributed by atoms with Crippen molar-refractivity contribution in [1.29, 1.82) is 0 Å². The van der Waals surface area contributed by atoms with E-state index in [4.69, 9.17) is 9.47 Å². The van der Waals surface area contributed by atoms with Crippen molar-refractivity contribution in [1.82, 2.24) is 0 Å². The Bertz CT molecular complexity index is 866. The van der Waals surface area contributed by atoms with Gasteiger partial charge in [0.25, 0.3) is 0 Å². The highest BCUT2D eigenvalue weighted by molar-refractivity contribution is 5.97. The SMILES string of the molecule is COC(=O)[C@@]12C[C@@]3(C(=O)OC)[C@@H]4C[C@]5(CCC5=O)[C@H]1[C@H]4[C@@H]1[C@@H]3[C@@]3(CCC3=O)C[C@@H]12. The smallest absolute Gasteiger partial charge is 0.312 e. The molecule has 8 bridgehead atoms. The van der Waals surface area contributed by atoms with Crippen LogP contribution in [0.1, 0.15) is 44.9 Å². The second-order valence-electron chi connectivity index (χ2n) is 11.1. The first-order chi connectivity index (χ1) is 13.8. The van der Waals surface area contributed by atoms with Gasteiger partial charge in [-0.15, -0.1) is 0 Å². The van der Waals surface area contributed by atoms with E-state index in [0.717, 1.165) is 12.8 Å². The molecule has 0 aliphatic heterocycles. The summed E-state index contributed by atoms with van der Waals surface area (Å²) < 4.78 is 10.8. The van der Waals surface area contributed by atoms with Crippen LogP contribution in [0.4, 0.5) is 0 Å². The Morgan fingerprint density at radius 1 is 0.793 bits per heavy atom. The van der Waals surface area contributed by atoms with Gasteiger partial charge in [0.05, 0.1) is 25.0 Å². The summed E-state index contributed by atoms with van der Waals surface area (Å²) >= 11 is 0. The normalized spacial score (nSPS) is 59.4. The Balaban J connectivity index is 1.52. The van der Waals surface area contributed by atoms with Gasteiger partial charge in [0.2, 0.25) is 0 Å². The van der Waals surface area contributed by atoms with E-state index >= 15 is 0 Å². The molecule has 10 atom stereocenters. The third kappa shape index (κ3) is 1.27. The first-order valence-corrected chi connectivity index (χ1v) is 11.1. The van der Waals surface area contributed by atoms with Crippen LogP contribution in [0.3, 0.4) is 0 Å². The molecule has 0 unspecified atom stereocenters. The van der Waals surface area contributed by atoms with Crippen LogP contribution in [0, 0.1) is 57.2 Å². The highest BCUT2D eigenvalue weighted by Gasteiger charge is 2.94. The van der Waals surface area contributed by atoms with Crippen molar-refractivity contribution >= 4 is 23.5 Å². The van der Waals surface area contributed by atoms with Gasteiger partial charge in [-0.25, -0.2) is 0 Å². The summed E-state index contributed by atoms with van der Waals surface area (Å²) in [5.41, 5.74) is -2.52. The van der Waals surface area contributed by atoms with Crippen LogP contribution < -0.4 is 0 Å². The largest absolute Gasteiger partial charge is 0.469 e. The Kier molecular flexibility index (Phi) is 2.62. The number of methoxy groups -OCH3 is 2. The molecule has 154 valence electrons. The zero-order chi connectivity index (χ0) is 20.1. The van der Waals surface area contributed by atoms with Crippen molar-refractivity contribution in [2.45, 2.75) is 44.9 Å². The molecule has 6 heteroatoms. The molecule has 2 spiro atoms. The quantitative estimate of drug-likeness (QED) is 0.661. The summed E-state index contributed by atoms with van der Waals surface area (Å²) in [4.78, 5) is 52.9. The molecule has 0 aromatic carbocycles. The summed E-state index contributed by atoms with van der Waals surface area (Å²) in [6, 6.07) is 0. The number of hydrogen-bond donors (Lipinski definition) is 0. The molecule has 0 heterocycles. The van der Waals surface area contributed by atoms with E-state index in [0.29, 0.717) is 32.1 Å². The third-order valence-corrected chi connectivity index (χ3v) is 11.4. The van der Waals surface area contributed by atoms with Crippen LogP contribution in [0.2, 0.25) is 0 Å². The maximum Gasteiger partial charge on any atom is 0.312 e. The van der Waals surface area contributed by atoms with Crippen LogP contribution in [0.25, 0.3) is 0 Å². The molecule has 8 fully saturated rings. The van der Waals surface area contributed by atoms with Crippen LogP contribution in [-0.4, -0.2) is 37.7 Å². The average molecular weight is 398 g/mol. The Labute approximate surface area is 169 Å². The topological polar surface area (TPSA) is 86.7 Å². The fraction of sp³-hybridized carbons (Fsp3) is 0.826. The van der Waals surface area contributed by atoms with Gasteiger partial charge in [0.1, 0.15) is 11.6 Å². The first-order valence-electron chi connectivity index (χ1n) is 11.1. The molecule has 0 amide bonds. The van der Waals surface area contributed by atoms with Crippen molar-refractivity contribution in [3.05, 3.63) is 0 Å². The molecule has 0 N–H and O–H groups in total. The minimum Gasteiger partial charge on any atom is -0.469 e. The number of carbonyl (C=O) groups excluding carboxylic acids is 4. The van der Waals surface area contributed by atoms with E-state index in [1.165, 1.54) is 14.2 Å². The molecule has 6 nitrogen and oxygen atoms in total. The molecule has 0 aromatic rings. The molecule has 0 saturated heterocycles. The number of esters is 2. The lowest BCUT2D eigenvalue weighted by Crippen LogP contribution is -2.59. The standard InChI is InChI=1S/C23H26O6/c1-28-18(26)22-9-23(19(27)29-2)11-8-20(5-3-12(20)24)16(22)15(11)14-10(22)7-21(17(14)23)6-4-13(21)25/h10-11,14-17H,3-9H2,1-2H3/t10-,11+,14-,15-,16-,17-,20+,21+,22-,23-/m1/s1. The van der Waals surface area contributed by atoms with Crippen LogP contribution in [-0.2, 0) is 28.7 Å². The Morgan fingerprint density at radius 3 is 1.48 bits per heavy atom. The van der Waals surface area contributed by atoms with E-state index in [-0.39, 0.29) is 59.0 Å². The van der Waals surface area contributed by atoms with E-state index in [1.54, 1.807) is 0 Å². The third-order valence-electron chi connectivity index (χ3n) is 11.4.